The number of pyridine rings is 1. The minimum Gasteiger partial charge on any atom is -0.337 e. The molecule has 1 N–H and O–H groups in total. The highest BCUT2D eigenvalue weighted by Gasteiger charge is 2.36. The Bertz CT molecular complexity index is 629. The fourth-order valence-electron chi connectivity index (χ4n) is 4.23. The number of hydrogen-bond acceptors (Lipinski definition) is 3. The van der Waals surface area contributed by atoms with Crippen molar-refractivity contribution in [2.24, 2.45) is 0 Å². The molecule has 3 rings (SSSR count). The Morgan fingerprint density at radius 3 is 2.52 bits per heavy atom. The van der Waals surface area contributed by atoms with Gasteiger partial charge in [0.05, 0.1) is 0 Å². The first-order chi connectivity index (χ1) is 11.0. The van der Waals surface area contributed by atoms with Crippen LogP contribution in [0.4, 0.5) is 0 Å². The Hall–Kier alpha value is -1.62. The van der Waals surface area contributed by atoms with Gasteiger partial charge in [-0.25, -0.2) is 0 Å². The van der Waals surface area contributed by atoms with Crippen LogP contribution in [-0.4, -0.2) is 51.9 Å². The molecule has 1 amide bonds. The summed E-state index contributed by atoms with van der Waals surface area (Å²) in [5.41, 5.74) is 0.765. The van der Waals surface area contributed by atoms with Crippen LogP contribution in [0.1, 0.15) is 55.6 Å². The van der Waals surface area contributed by atoms with Crippen LogP contribution in [0.2, 0.25) is 0 Å². The summed E-state index contributed by atoms with van der Waals surface area (Å²) in [4.78, 5) is 32.0. The molecule has 2 fully saturated rings. The van der Waals surface area contributed by atoms with Crippen molar-refractivity contribution in [3.63, 3.8) is 0 Å². The van der Waals surface area contributed by atoms with Crippen molar-refractivity contribution < 1.29 is 4.79 Å². The number of hydrogen-bond donors (Lipinski definition) is 1. The van der Waals surface area contributed by atoms with E-state index in [1.54, 1.807) is 12.1 Å². The number of rotatable bonds is 2. The van der Waals surface area contributed by atoms with Crippen molar-refractivity contribution >= 4 is 5.91 Å². The van der Waals surface area contributed by atoms with Gasteiger partial charge in [0.2, 0.25) is 0 Å². The van der Waals surface area contributed by atoms with E-state index in [-0.39, 0.29) is 17.0 Å². The number of nitrogens with one attached hydrogen (secondary N) is 1. The van der Waals surface area contributed by atoms with Crippen molar-refractivity contribution in [3.8, 4) is 0 Å². The zero-order valence-electron chi connectivity index (χ0n) is 14.3. The van der Waals surface area contributed by atoms with Gasteiger partial charge in [0, 0.05) is 36.9 Å². The van der Waals surface area contributed by atoms with Crippen LogP contribution < -0.4 is 5.56 Å². The highest BCUT2D eigenvalue weighted by molar-refractivity contribution is 5.93. The second kappa shape index (κ2) is 6.48. The molecule has 3 heterocycles. The van der Waals surface area contributed by atoms with Crippen LogP contribution >= 0.6 is 0 Å². The van der Waals surface area contributed by atoms with Gasteiger partial charge in [0.1, 0.15) is 5.56 Å². The third-order valence-corrected chi connectivity index (χ3v) is 5.41. The lowest BCUT2D eigenvalue weighted by molar-refractivity contribution is 0.0485. The molecule has 3 atom stereocenters. The Balaban J connectivity index is 1.75. The summed E-state index contributed by atoms with van der Waals surface area (Å²) in [7, 11) is 0. The smallest absolute Gasteiger partial charge is 0.260 e. The van der Waals surface area contributed by atoms with Crippen LogP contribution in [0.25, 0.3) is 0 Å². The number of carbonyl (C=O) groups is 1. The Kier molecular flexibility index (Phi) is 4.57. The maximum atomic E-state index is 12.7. The first-order valence-electron chi connectivity index (χ1n) is 8.74. The molecule has 0 radical (unpaired) electrons. The van der Waals surface area contributed by atoms with Crippen LogP contribution in [0.3, 0.4) is 0 Å². The number of amides is 1. The standard InChI is InChI=1S/C18H27N3O2/c1-12-6-9-16(17(22)19-12)18(23)20-10-4-5-15(11-20)21-13(2)7-8-14(21)3/h6,9,13-15H,4-5,7-8,10-11H2,1-3H3,(H,19,22). The molecule has 0 spiro atoms. The normalized spacial score (nSPS) is 29.0. The quantitative estimate of drug-likeness (QED) is 0.909. The van der Waals surface area contributed by atoms with E-state index in [1.165, 1.54) is 12.8 Å². The minimum atomic E-state index is -0.278. The molecule has 5 heteroatoms. The summed E-state index contributed by atoms with van der Waals surface area (Å²) in [6.07, 6.45) is 4.63. The van der Waals surface area contributed by atoms with E-state index in [1.807, 2.05) is 11.8 Å². The van der Waals surface area contributed by atoms with Crippen LogP contribution in [0, 0.1) is 6.92 Å². The van der Waals surface area contributed by atoms with Crippen molar-refractivity contribution in [1.82, 2.24) is 14.8 Å². The molecule has 0 bridgehead atoms. The topological polar surface area (TPSA) is 56.4 Å². The van der Waals surface area contributed by atoms with Crippen molar-refractivity contribution in [1.29, 1.82) is 0 Å². The molecule has 5 nitrogen and oxygen atoms in total. The molecule has 2 aliphatic rings. The van der Waals surface area contributed by atoms with E-state index >= 15 is 0 Å². The van der Waals surface area contributed by atoms with Gasteiger partial charge in [-0.2, -0.15) is 0 Å². The molecule has 0 aromatic carbocycles. The summed E-state index contributed by atoms with van der Waals surface area (Å²) in [5.74, 6) is -0.129. The predicted octanol–water partition coefficient (Wildman–Crippen LogP) is 2.16. The van der Waals surface area contributed by atoms with E-state index in [2.05, 4.69) is 23.7 Å². The van der Waals surface area contributed by atoms with E-state index in [0.717, 1.165) is 31.6 Å². The van der Waals surface area contributed by atoms with E-state index in [0.29, 0.717) is 18.1 Å². The van der Waals surface area contributed by atoms with E-state index < -0.39 is 0 Å². The molecule has 0 aliphatic carbocycles. The SMILES string of the molecule is Cc1ccc(C(=O)N2CCCC(N3C(C)CCC3C)C2)c(=O)[nH]1. The van der Waals surface area contributed by atoms with Gasteiger partial charge in [-0.15, -0.1) is 0 Å². The number of piperidine rings is 1. The third kappa shape index (κ3) is 3.20. The molecule has 0 saturated carbocycles. The average Bonchev–Trinajstić information content (AvgIpc) is 2.86. The molecular formula is C18H27N3O2. The van der Waals surface area contributed by atoms with Crippen LogP contribution in [0.5, 0.6) is 0 Å². The second-order valence-electron chi connectivity index (χ2n) is 7.15. The number of aryl methyl sites for hydroxylation is 1. The third-order valence-electron chi connectivity index (χ3n) is 5.41. The Morgan fingerprint density at radius 2 is 1.87 bits per heavy atom. The number of H-pyrrole nitrogens is 1. The van der Waals surface area contributed by atoms with Gasteiger partial charge < -0.3 is 9.88 Å². The molecule has 2 saturated heterocycles. The predicted molar refractivity (Wildman–Crippen MR) is 90.7 cm³/mol. The molecule has 23 heavy (non-hydrogen) atoms. The maximum Gasteiger partial charge on any atom is 0.260 e. The number of aromatic amines is 1. The highest BCUT2D eigenvalue weighted by atomic mass is 16.2. The minimum absolute atomic E-state index is 0.129. The van der Waals surface area contributed by atoms with Gasteiger partial charge in [-0.05, 0) is 58.6 Å². The molecule has 1 aromatic heterocycles. The van der Waals surface area contributed by atoms with Gasteiger partial charge in [0.25, 0.3) is 11.5 Å². The fraction of sp³-hybridized carbons (Fsp3) is 0.667. The lowest BCUT2D eigenvalue weighted by atomic mass is 10.0. The molecule has 2 aliphatic heterocycles. The molecule has 3 unspecified atom stereocenters. The first-order valence-corrected chi connectivity index (χ1v) is 8.74. The largest absolute Gasteiger partial charge is 0.337 e. The molecule has 126 valence electrons. The number of nitrogens with zero attached hydrogens (tertiary/aromatic N) is 2. The summed E-state index contributed by atoms with van der Waals surface area (Å²) in [6, 6.07) is 5.05. The first kappa shape index (κ1) is 16.2. The van der Waals surface area contributed by atoms with Crippen LogP contribution in [0.15, 0.2) is 16.9 Å². The number of aromatic nitrogens is 1. The number of carbonyl (C=O) groups excluding carboxylic acids is 1. The fourth-order valence-corrected chi connectivity index (χ4v) is 4.23. The average molecular weight is 317 g/mol. The lowest BCUT2D eigenvalue weighted by Gasteiger charge is -2.41. The van der Waals surface area contributed by atoms with Gasteiger partial charge in [-0.3, -0.25) is 14.5 Å². The Morgan fingerprint density at radius 1 is 1.17 bits per heavy atom. The summed E-state index contributed by atoms with van der Waals surface area (Å²) in [6.45, 7) is 7.88. The zero-order chi connectivity index (χ0) is 16.6. The maximum absolute atomic E-state index is 12.7. The van der Waals surface area contributed by atoms with Crippen molar-refractivity contribution in [2.75, 3.05) is 13.1 Å². The highest BCUT2D eigenvalue weighted by Crippen LogP contribution is 2.30. The summed E-state index contributed by atoms with van der Waals surface area (Å²) in [5, 5.41) is 0. The Labute approximate surface area is 137 Å². The summed E-state index contributed by atoms with van der Waals surface area (Å²) >= 11 is 0. The van der Waals surface area contributed by atoms with Crippen molar-refractivity contribution in [3.05, 3.63) is 33.7 Å². The van der Waals surface area contributed by atoms with Crippen molar-refractivity contribution in [2.45, 2.75) is 64.6 Å². The number of likely N-dealkylation sites (tertiary alicyclic amines) is 2. The van der Waals surface area contributed by atoms with E-state index in [4.69, 9.17) is 0 Å². The second-order valence-corrected chi connectivity index (χ2v) is 7.15. The summed E-state index contributed by atoms with van der Waals surface area (Å²) < 4.78 is 0. The molecule has 1 aromatic rings. The molecular weight excluding hydrogens is 290 g/mol. The lowest BCUT2D eigenvalue weighted by Crippen LogP contribution is -2.53. The monoisotopic (exact) mass is 317 g/mol. The zero-order valence-corrected chi connectivity index (χ0v) is 14.3. The van der Waals surface area contributed by atoms with Crippen LogP contribution in [-0.2, 0) is 0 Å². The van der Waals surface area contributed by atoms with Gasteiger partial charge >= 0.3 is 0 Å². The van der Waals surface area contributed by atoms with E-state index in [9.17, 15) is 9.59 Å². The van der Waals surface area contributed by atoms with Gasteiger partial charge in [-0.1, -0.05) is 0 Å². The van der Waals surface area contributed by atoms with Gasteiger partial charge in [0.15, 0.2) is 0 Å².